The van der Waals surface area contributed by atoms with Crippen molar-refractivity contribution in [2.75, 3.05) is 12.4 Å². The van der Waals surface area contributed by atoms with Crippen LogP contribution in [0.1, 0.15) is 37.0 Å². The van der Waals surface area contributed by atoms with Crippen molar-refractivity contribution in [1.82, 2.24) is 15.5 Å². The van der Waals surface area contributed by atoms with Crippen LogP contribution in [-0.4, -0.2) is 28.5 Å². The van der Waals surface area contributed by atoms with Crippen LogP contribution in [0.2, 0.25) is 0 Å². The molecule has 1 amide bonds. The maximum Gasteiger partial charge on any atom is 0.254 e. The van der Waals surface area contributed by atoms with Gasteiger partial charge in [-0.1, -0.05) is 13.8 Å². The van der Waals surface area contributed by atoms with Crippen LogP contribution in [0.4, 0.5) is 0 Å². The van der Waals surface area contributed by atoms with E-state index in [1.165, 1.54) is 6.20 Å². The Morgan fingerprint density at radius 1 is 1.56 bits per heavy atom. The van der Waals surface area contributed by atoms with Crippen molar-refractivity contribution in [3.63, 3.8) is 0 Å². The highest BCUT2D eigenvalue weighted by atomic mass is 35.5. The average Bonchev–Trinajstić information content (AvgIpc) is 2.85. The summed E-state index contributed by atoms with van der Waals surface area (Å²) in [5, 5.41) is 9.24. The minimum atomic E-state index is -0.106. The Morgan fingerprint density at radius 2 is 2.25 bits per heavy atom. The molecule has 0 spiro atoms. The molecular weight excluding hydrogens is 226 g/mol. The highest BCUT2D eigenvalue weighted by Crippen LogP contribution is 2.26. The second-order valence-electron chi connectivity index (χ2n) is 4.01. The molecule has 1 rings (SSSR count). The van der Waals surface area contributed by atoms with Crippen LogP contribution < -0.4 is 5.32 Å². The molecule has 0 aliphatic rings. The van der Waals surface area contributed by atoms with Crippen LogP contribution in [0, 0.1) is 5.41 Å². The molecule has 0 aliphatic heterocycles. The number of H-pyrrole nitrogens is 1. The summed E-state index contributed by atoms with van der Waals surface area (Å²) in [6.45, 7) is 4.79. The van der Waals surface area contributed by atoms with E-state index < -0.39 is 0 Å². The number of alkyl halides is 1. The third kappa shape index (κ3) is 2.98. The molecule has 4 nitrogen and oxygen atoms in total. The van der Waals surface area contributed by atoms with Crippen molar-refractivity contribution in [2.24, 2.45) is 5.41 Å². The predicted octanol–water partition coefficient (Wildman–Crippen LogP) is 2.18. The number of carbonyl (C=O) groups is 1. The van der Waals surface area contributed by atoms with Crippen molar-refractivity contribution < 1.29 is 4.79 Å². The number of rotatable bonds is 6. The number of nitrogens with zero attached hydrogens (tertiary/aromatic N) is 1. The lowest BCUT2D eigenvalue weighted by molar-refractivity contribution is 0.0932. The normalized spacial score (nSPS) is 11.4. The van der Waals surface area contributed by atoms with Gasteiger partial charge in [0.2, 0.25) is 0 Å². The van der Waals surface area contributed by atoms with E-state index in [1.54, 1.807) is 6.20 Å². The molecule has 0 saturated carbocycles. The van der Waals surface area contributed by atoms with Gasteiger partial charge in [0, 0.05) is 24.0 Å². The number of halogens is 1. The maximum atomic E-state index is 11.7. The fourth-order valence-electron chi connectivity index (χ4n) is 1.48. The first-order valence-electron chi connectivity index (χ1n) is 5.50. The maximum absolute atomic E-state index is 11.7. The van der Waals surface area contributed by atoms with Gasteiger partial charge in [-0.2, -0.15) is 5.10 Å². The molecule has 0 radical (unpaired) electrons. The van der Waals surface area contributed by atoms with Gasteiger partial charge in [0.05, 0.1) is 11.8 Å². The minimum Gasteiger partial charge on any atom is -0.351 e. The molecule has 0 aliphatic carbocycles. The van der Waals surface area contributed by atoms with Crippen LogP contribution in [0.25, 0.3) is 0 Å². The van der Waals surface area contributed by atoms with E-state index in [1.807, 2.05) is 0 Å². The van der Waals surface area contributed by atoms with Crippen molar-refractivity contribution >= 4 is 17.5 Å². The van der Waals surface area contributed by atoms with E-state index in [9.17, 15) is 4.79 Å². The van der Waals surface area contributed by atoms with Crippen LogP contribution in [-0.2, 0) is 0 Å². The van der Waals surface area contributed by atoms with Gasteiger partial charge in [0.1, 0.15) is 0 Å². The van der Waals surface area contributed by atoms with Gasteiger partial charge in [-0.05, 0) is 12.8 Å². The predicted molar refractivity (Wildman–Crippen MR) is 64.7 cm³/mol. The summed E-state index contributed by atoms with van der Waals surface area (Å²) in [5.41, 5.74) is 0.552. The Labute approximate surface area is 101 Å². The van der Waals surface area contributed by atoms with Crippen molar-refractivity contribution in [3.05, 3.63) is 18.0 Å². The highest BCUT2D eigenvalue weighted by Gasteiger charge is 2.25. The lowest BCUT2D eigenvalue weighted by Crippen LogP contribution is -2.38. The number of hydrogen-bond donors (Lipinski definition) is 2. The molecule has 1 aromatic heterocycles. The van der Waals surface area contributed by atoms with Crippen LogP contribution in [0.3, 0.4) is 0 Å². The van der Waals surface area contributed by atoms with E-state index in [4.69, 9.17) is 11.6 Å². The molecule has 0 fully saturated rings. The summed E-state index contributed by atoms with van der Waals surface area (Å²) in [6.07, 6.45) is 5.00. The molecule has 0 aromatic carbocycles. The monoisotopic (exact) mass is 243 g/mol. The summed E-state index contributed by atoms with van der Waals surface area (Å²) >= 11 is 5.96. The van der Waals surface area contributed by atoms with Crippen molar-refractivity contribution in [1.29, 1.82) is 0 Å². The van der Waals surface area contributed by atoms with Crippen molar-refractivity contribution in [2.45, 2.75) is 26.7 Å². The Kier molecular flexibility index (Phi) is 4.80. The molecule has 1 aromatic rings. The van der Waals surface area contributed by atoms with E-state index in [2.05, 4.69) is 29.4 Å². The fourth-order valence-corrected chi connectivity index (χ4v) is 1.95. The minimum absolute atomic E-state index is 0.000944. The summed E-state index contributed by atoms with van der Waals surface area (Å²) in [4.78, 5) is 11.7. The van der Waals surface area contributed by atoms with Crippen molar-refractivity contribution in [3.8, 4) is 0 Å². The Morgan fingerprint density at radius 3 is 2.69 bits per heavy atom. The molecule has 0 unspecified atom stereocenters. The van der Waals surface area contributed by atoms with Gasteiger partial charge in [0.15, 0.2) is 0 Å². The van der Waals surface area contributed by atoms with Crippen LogP contribution in [0.5, 0.6) is 0 Å². The Bertz CT molecular complexity index is 312. The molecule has 1 heterocycles. The fraction of sp³-hybridized carbons (Fsp3) is 0.636. The average molecular weight is 244 g/mol. The lowest BCUT2D eigenvalue weighted by atomic mass is 9.84. The Hall–Kier alpha value is -1.03. The van der Waals surface area contributed by atoms with E-state index in [0.717, 1.165) is 12.8 Å². The molecule has 0 saturated heterocycles. The molecule has 90 valence electrons. The highest BCUT2D eigenvalue weighted by molar-refractivity contribution is 6.18. The van der Waals surface area contributed by atoms with E-state index >= 15 is 0 Å². The summed E-state index contributed by atoms with van der Waals surface area (Å²) < 4.78 is 0. The number of aromatic amines is 1. The Balaban J connectivity index is 2.53. The third-order valence-corrected chi connectivity index (χ3v) is 3.73. The van der Waals surface area contributed by atoms with Gasteiger partial charge in [-0.15, -0.1) is 11.6 Å². The molecule has 0 atom stereocenters. The van der Waals surface area contributed by atoms with Crippen LogP contribution >= 0.6 is 11.6 Å². The van der Waals surface area contributed by atoms with Crippen LogP contribution in [0.15, 0.2) is 12.4 Å². The molecule has 5 heteroatoms. The first-order valence-corrected chi connectivity index (χ1v) is 6.04. The summed E-state index contributed by atoms with van der Waals surface area (Å²) in [7, 11) is 0. The first-order chi connectivity index (χ1) is 7.67. The third-order valence-electron chi connectivity index (χ3n) is 3.17. The topological polar surface area (TPSA) is 57.8 Å². The number of hydrogen-bond acceptors (Lipinski definition) is 2. The molecule has 0 bridgehead atoms. The summed E-state index contributed by atoms with van der Waals surface area (Å²) in [5.74, 6) is 0.455. The quantitative estimate of drug-likeness (QED) is 0.753. The smallest absolute Gasteiger partial charge is 0.254 e. The lowest BCUT2D eigenvalue weighted by Gasteiger charge is -2.29. The number of carbonyl (C=O) groups excluding carboxylic acids is 1. The SMILES string of the molecule is CCC(CC)(CCl)CNC(=O)c1cn[nH]c1. The zero-order valence-corrected chi connectivity index (χ0v) is 10.5. The standard InChI is InChI=1S/C11H18ClN3O/c1-3-11(4-2,7-12)8-13-10(16)9-5-14-15-6-9/h5-6H,3-4,7-8H2,1-2H3,(H,13,16)(H,14,15). The molecular formula is C11H18ClN3O. The van der Waals surface area contributed by atoms with Gasteiger partial charge >= 0.3 is 0 Å². The van der Waals surface area contributed by atoms with Gasteiger partial charge in [-0.3, -0.25) is 9.89 Å². The second kappa shape index (κ2) is 5.89. The van der Waals surface area contributed by atoms with E-state index in [0.29, 0.717) is 18.0 Å². The zero-order valence-electron chi connectivity index (χ0n) is 9.72. The van der Waals surface area contributed by atoms with Gasteiger partial charge < -0.3 is 5.32 Å². The summed E-state index contributed by atoms with van der Waals surface area (Å²) in [6, 6.07) is 0. The van der Waals surface area contributed by atoms with Gasteiger partial charge in [-0.25, -0.2) is 0 Å². The zero-order chi connectivity index (χ0) is 12.0. The number of amides is 1. The largest absolute Gasteiger partial charge is 0.351 e. The number of aromatic nitrogens is 2. The molecule has 2 N–H and O–H groups in total. The first kappa shape index (κ1) is 13.0. The second-order valence-corrected chi connectivity index (χ2v) is 4.28. The van der Waals surface area contributed by atoms with E-state index in [-0.39, 0.29) is 11.3 Å². The number of nitrogens with one attached hydrogen (secondary N) is 2. The molecule has 16 heavy (non-hydrogen) atoms. The van der Waals surface area contributed by atoms with Gasteiger partial charge in [0.25, 0.3) is 5.91 Å².